The smallest absolute Gasteiger partial charge is 0.411 e. The molecule has 0 saturated heterocycles. The van der Waals surface area contributed by atoms with Crippen LogP contribution in [0.1, 0.15) is 40.1 Å². The van der Waals surface area contributed by atoms with Crippen LogP contribution >= 0.6 is 23.2 Å². The van der Waals surface area contributed by atoms with Gasteiger partial charge in [0.05, 0.1) is 23.9 Å². The molecule has 1 unspecified atom stereocenters. The number of hydrogen-bond acceptors (Lipinski definition) is 6. The molecule has 0 aliphatic carbocycles. The third kappa shape index (κ3) is 7.57. The third-order valence-corrected chi connectivity index (χ3v) is 6.84. The first-order chi connectivity index (χ1) is 20.2. The summed E-state index contributed by atoms with van der Waals surface area (Å²) in [6.07, 6.45) is 2.12. The predicted octanol–water partition coefficient (Wildman–Crippen LogP) is 7.08. The fourth-order valence-corrected chi connectivity index (χ4v) is 4.53. The number of anilines is 1. The molecular weight excluding hydrogens is 582 g/mol. The molecule has 8 nitrogen and oxygen atoms in total. The average Bonchev–Trinajstić information content (AvgIpc) is 2.98. The van der Waals surface area contributed by atoms with Crippen LogP contribution in [0.15, 0.2) is 78.9 Å². The first-order valence-corrected chi connectivity index (χ1v) is 13.4. The normalized spacial score (nSPS) is 11.6. The zero-order valence-electron chi connectivity index (χ0n) is 22.5. The predicted molar refractivity (Wildman–Crippen MR) is 160 cm³/mol. The minimum absolute atomic E-state index is 0.0801. The molecule has 1 aromatic heterocycles. The van der Waals surface area contributed by atoms with Gasteiger partial charge in [0.2, 0.25) is 5.91 Å². The molecule has 0 aliphatic rings. The van der Waals surface area contributed by atoms with Gasteiger partial charge in [-0.2, -0.15) is 5.10 Å². The second-order valence-corrected chi connectivity index (χ2v) is 9.90. The SMILES string of the molecule is COC(=O)Nc1ccc(-c2cc(C(Cc3ccccc3)NC(=O)C=Cc3c(C(C)=O)ccc(Cl)c3F)nnc2Cl)cc1. The Morgan fingerprint density at radius 2 is 1.71 bits per heavy atom. The highest BCUT2D eigenvalue weighted by atomic mass is 35.5. The van der Waals surface area contributed by atoms with Gasteiger partial charge in [0.15, 0.2) is 10.9 Å². The number of hydrogen-bond donors (Lipinski definition) is 2. The van der Waals surface area contributed by atoms with E-state index < -0.39 is 23.9 Å². The molecule has 42 heavy (non-hydrogen) atoms. The van der Waals surface area contributed by atoms with Crippen LogP contribution in [-0.4, -0.2) is 35.1 Å². The van der Waals surface area contributed by atoms with Crippen LogP contribution in [0.25, 0.3) is 17.2 Å². The number of Topliss-reactive ketones (excluding diaryl/α,β-unsaturated/α-hetero) is 1. The van der Waals surface area contributed by atoms with Crippen LogP contribution in [0.5, 0.6) is 0 Å². The van der Waals surface area contributed by atoms with E-state index in [0.29, 0.717) is 28.9 Å². The standard InChI is InChI=1S/C31H25Cl2FN4O4/c1-18(39)22-12-14-25(32)29(34)23(22)13-15-28(40)36-26(16-19-6-4-3-5-7-19)27-17-24(30(33)38-37-27)20-8-10-21(11-9-20)35-31(41)42-2/h3-15,17,26H,16H2,1-2H3,(H,35,41)(H,36,40). The number of ether oxygens (including phenoxy) is 1. The molecule has 3 aromatic carbocycles. The molecule has 0 saturated carbocycles. The van der Waals surface area contributed by atoms with E-state index in [1.165, 1.54) is 32.2 Å². The molecule has 214 valence electrons. The van der Waals surface area contributed by atoms with Crippen molar-refractivity contribution in [3.8, 4) is 11.1 Å². The summed E-state index contributed by atoms with van der Waals surface area (Å²) in [5.74, 6) is -1.72. The van der Waals surface area contributed by atoms with E-state index in [1.807, 2.05) is 30.3 Å². The Bertz CT molecular complexity index is 1650. The van der Waals surface area contributed by atoms with Gasteiger partial charge < -0.3 is 10.1 Å². The number of amides is 2. The first kappa shape index (κ1) is 30.4. The van der Waals surface area contributed by atoms with E-state index in [0.717, 1.165) is 11.6 Å². The minimum atomic E-state index is -0.796. The molecule has 4 rings (SSSR count). The number of rotatable bonds is 9. The van der Waals surface area contributed by atoms with Crippen molar-refractivity contribution in [1.82, 2.24) is 15.5 Å². The second kappa shape index (κ2) is 13.8. The van der Waals surface area contributed by atoms with Crippen molar-refractivity contribution in [3.05, 3.63) is 117 Å². The summed E-state index contributed by atoms with van der Waals surface area (Å²) in [7, 11) is 1.27. The molecule has 0 fully saturated rings. The molecule has 1 heterocycles. The average molecular weight is 607 g/mol. The van der Waals surface area contributed by atoms with Gasteiger partial charge in [0.25, 0.3) is 0 Å². The second-order valence-electron chi connectivity index (χ2n) is 9.13. The van der Waals surface area contributed by atoms with Crippen molar-refractivity contribution in [3.63, 3.8) is 0 Å². The maximum Gasteiger partial charge on any atom is 0.411 e. The van der Waals surface area contributed by atoms with Gasteiger partial charge in [0.1, 0.15) is 5.82 Å². The van der Waals surface area contributed by atoms with Gasteiger partial charge in [0, 0.05) is 28.5 Å². The van der Waals surface area contributed by atoms with Gasteiger partial charge in [-0.15, -0.1) is 5.10 Å². The Labute approximate surface area is 251 Å². The minimum Gasteiger partial charge on any atom is -0.453 e. The maximum atomic E-state index is 14.7. The van der Waals surface area contributed by atoms with Crippen molar-refractivity contribution in [1.29, 1.82) is 0 Å². The lowest BCUT2D eigenvalue weighted by atomic mass is 10.00. The van der Waals surface area contributed by atoms with Crippen LogP contribution in [-0.2, 0) is 16.0 Å². The van der Waals surface area contributed by atoms with Crippen molar-refractivity contribution in [2.75, 3.05) is 12.4 Å². The highest BCUT2D eigenvalue weighted by molar-refractivity contribution is 6.32. The largest absolute Gasteiger partial charge is 0.453 e. The van der Waals surface area contributed by atoms with Crippen molar-refractivity contribution in [2.45, 2.75) is 19.4 Å². The maximum absolute atomic E-state index is 14.7. The number of carbonyl (C=O) groups is 3. The molecule has 2 amide bonds. The van der Waals surface area contributed by atoms with E-state index >= 15 is 0 Å². The molecule has 2 N–H and O–H groups in total. The highest BCUT2D eigenvalue weighted by Gasteiger charge is 2.20. The number of aromatic nitrogens is 2. The van der Waals surface area contributed by atoms with Crippen LogP contribution in [0.4, 0.5) is 14.9 Å². The van der Waals surface area contributed by atoms with Crippen LogP contribution < -0.4 is 10.6 Å². The summed E-state index contributed by atoms with van der Waals surface area (Å²) in [6, 6.07) is 20.1. The lowest BCUT2D eigenvalue weighted by Gasteiger charge is -2.18. The molecule has 0 radical (unpaired) electrons. The first-order valence-electron chi connectivity index (χ1n) is 12.7. The van der Waals surface area contributed by atoms with Gasteiger partial charge in [-0.3, -0.25) is 14.9 Å². The van der Waals surface area contributed by atoms with Crippen LogP contribution in [0, 0.1) is 5.82 Å². The van der Waals surface area contributed by atoms with Crippen molar-refractivity contribution < 1.29 is 23.5 Å². The van der Waals surface area contributed by atoms with E-state index in [1.54, 1.807) is 30.3 Å². The molecular formula is C31H25Cl2FN4O4. The van der Waals surface area contributed by atoms with Gasteiger partial charge in [-0.25, -0.2) is 9.18 Å². The Morgan fingerprint density at radius 1 is 1.00 bits per heavy atom. The van der Waals surface area contributed by atoms with E-state index in [9.17, 15) is 18.8 Å². The summed E-state index contributed by atoms with van der Waals surface area (Å²) in [6.45, 7) is 1.30. The number of nitrogens with zero attached hydrogens (tertiary/aromatic N) is 2. The lowest BCUT2D eigenvalue weighted by Crippen LogP contribution is -2.29. The Kier molecular flexibility index (Phi) is 10.0. The number of nitrogens with one attached hydrogen (secondary N) is 2. The third-order valence-electron chi connectivity index (χ3n) is 6.26. The summed E-state index contributed by atoms with van der Waals surface area (Å²) < 4.78 is 19.3. The summed E-state index contributed by atoms with van der Waals surface area (Å²) >= 11 is 12.3. The van der Waals surface area contributed by atoms with Crippen molar-refractivity contribution in [2.24, 2.45) is 0 Å². The summed E-state index contributed by atoms with van der Waals surface area (Å²) in [4.78, 5) is 36.6. The highest BCUT2D eigenvalue weighted by Crippen LogP contribution is 2.30. The number of methoxy groups -OCH3 is 1. The number of carbonyl (C=O) groups excluding carboxylic acids is 3. The quantitative estimate of drug-likeness (QED) is 0.155. The lowest BCUT2D eigenvalue weighted by molar-refractivity contribution is -0.117. The number of benzene rings is 3. The van der Waals surface area contributed by atoms with E-state index in [-0.39, 0.29) is 27.1 Å². The monoisotopic (exact) mass is 606 g/mol. The van der Waals surface area contributed by atoms with Crippen LogP contribution in [0.3, 0.4) is 0 Å². The fourth-order valence-electron chi connectivity index (χ4n) is 4.16. The Hall–Kier alpha value is -4.60. The Morgan fingerprint density at radius 3 is 2.38 bits per heavy atom. The van der Waals surface area contributed by atoms with Crippen LogP contribution in [0.2, 0.25) is 10.2 Å². The molecule has 0 spiro atoms. The number of ketones is 1. The zero-order valence-corrected chi connectivity index (χ0v) is 24.0. The molecule has 1 atom stereocenters. The fraction of sp³-hybridized carbons (Fsp3) is 0.129. The van der Waals surface area contributed by atoms with E-state index in [2.05, 4.69) is 25.6 Å². The van der Waals surface area contributed by atoms with Crippen molar-refractivity contribution >= 4 is 52.7 Å². The molecule has 11 heteroatoms. The molecule has 0 bridgehead atoms. The molecule has 0 aliphatic heterocycles. The van der Waals surface area contributed by atoms with Gasteiger partial charge >= 0.3 is 6.09 Å². The number of halogens is 3. The topological polar surface area (TPSA) is 110 Å². The molecule has 4 aromatic rings. The van der Waals surface area contributed by atoms with Gasteiger partial charge in [-0.1, -0.05) is 65.7 Å². The van der Waals surface area contributed by atoms with E-state index in [4.69, 9.17) is 23.2 Å². The Balaban J connectivity index is 1.64. The van der Waals surface area contributed by atoms with Gasteiger partial charge in [-0.05, 0) is 60.9 Å². The summed E-state index contributed by atoms with van der Waals surface area (Å²) in [5.41, 5.74) is 3.14. The zero-order chi connectivity index (χ0) is 30.2. The summed E-state index contributed by atoms with van der Waals surface area (Å²) in [5, 5.41) is 13.8.